The van der Waals surface area contributed by atoms with Crippen molar-refractivity contribution in [2.24, 2.45) is 21.2 Å². The van der Waals surface area contributed by atoms with E-state index in [0.29, 0.717) is 29.8 Å². The van der Waals surface area contributed by atoms with Gasteiger partial charge in [-0.1, -0.05) is 42.5 Å². The molecule has 1 unspecified atom stereocenters. The quantitative estimate of drug-likeness (QED) is 0.183. The number of azo groups is 1. The number of piperidine rings is 1. The second kappa shape index (κ2) is 13.3. The molecule has 2 aromatic carbocycles. The van der Waals surface area contributed by atoms with Gasteiger partial charge in [0.25, 0.3) is 0 Å². The number of nitrogens with two attached hydrogens (primary N) is 1. The molecule has 2 heterocycles. The van der Waals surface area contributed by atoms with Crippen molar-refractivity contribution < 1.29 is 9.47 Å². The molecule has 2 aliphatic heterocycles. The number of piperazine rings is 1. The van der Waals surface area contributed by atoms with Gasteiger partial charge >= 0.3 is 0 Å². The highest BCUT2D eigenvalue weighted by atomic mass is 16.5. The molecular weight excluding hydrogens is 454 g/mol. The van der Waals surface area contributed by atoms with Gasteiger partial charge in [0.05, 0.1) is 20.8 Å². The zero-order chi connectivity index (χ0) is 25.2. The van der Waals surface area contributed by atoms with Crippen LogP contribution in [0.1, 0.15) is 35.9 Å². The lowest BCUT2D eigenvalue weighted by atomic mass is 9.88. The van der Waals surface area contributed by atoms with Gasteiger partial charge in [0, 0.05) is 38.3 Å². The minimum atomic E-state index is -0.278. The Kier molecular flexibility index (Phi) is 9.66. The Morgan fingerprint density at radius 1 is 1.00 bits per heavy atom. The van der Waals surface area contributed by atoms with Crippen molar-refractivity contribution in [1.29, 1.82) is 0 Å². The Bertz CT molecular complexity index is 1000. The number of amidine groups is 1. The van der Waals surface area contributed by atoms with Gasteiger partial charge in [0.1, 0.15) is 6.04 Å². The minimum Gasteiger partial charge on any atom is -0.493 e. The third kappa shape index (κ3) is 6.40. The SMILES string of the molecule is COc1cccc(C(/C(N=NCCN2CCNCC2)=N/N)N2CCC(c3ccccc3)CC2)c1OC. The van der Waals surface area contributed by atoms with E-state index in [1.165, 1.54) is 5.56 Å². The summed E-state index contributed by atoms with van der Waals surface area (Å²) in [6.45, 7) is 7.36. The van der Waals surface area contributed by atoms with E-state index >= 15 is 0 Å². The summed E-state index contributed by atoms with van der Waals surface area (Å²) in [4.78, 5) is 4.78. The van der Waals surface area contributed by atoms with Crippen molar-refractivity contribution in [2.45, 2.75) is 24.8 Å². The summed E-state index contributed by atoms with van der Waals surface area (Å²) in [5.74, 6) is 8.31. The fourth-order valence-corrected chi connectivity index (χ4v) is 5.24. The number of para-hydroxylation sites is 1. The van der Waals surface area contributed by atoms with Crippen LogP contribution in [0.3, 0.4) is 0 Å². The normalized spacial score (nSPS) is 19.4. The Balaban J connectivity index is 1.54. The van der Waals surface area contributed by atoms with E-state index < -0.39 is 0 Å². The predicted molar refractivity (Wildman–Crippen MR) is 143 cm³/mol. The summed E-state index contributed by atoms with van der Waals surface area (Å²) >= 11 is 0. The Morgan fingerprint density at radius 2 is 1.75 bits per heavy atom. The van der Waals surface area contributed by atoms with E-state index in [2.05, 4.69) is 60.8 Å². The van der Waals surface area contributed by atoms with Crippen molar-refractivity contribution in [1.82, 2.24) is 15.1 Å². The molecule has 36 heavy (non-hydrogen) atoms. The van der Waals surface area contributed by atoms with Gasteiger partial charge in [0.15, 0.2) is 17.3 Å². The van der Waals surface area contributed by atoms with Crippen LogP contribution in [-0.2, 0) is 0 Å². The van der Waals surface area contributed by atoms with Gasteiger partial charge in [-0.15, -0.1) is 5.11 Å². The Labute approximate surface area is 214 Å². The number of nitrogens with one attached hydrogen (secondary N) is 1. The molecule has 9 nitrogen and oxygen atoms in total. The number of rotatable bonds is 9. The molecule has 2 fully saturated rings. The molecule has 194 valence electrons. The number of hydrogen-bond acceptors (Lipinski definition) is 8. The van der Waals surface area contributed by atoms with Crippen LogP contribution in [0.2, 0.25) is 0 Å². The molecule has 4 rings (SSSR count). The average molecular weight is 494 g/mol. The molecule has 1 atom stereocenters. The predicted octanol–water partition coefficient (Wildman–Crippen LogP) is 3.25. The molecule has 2 aromatic rings. The highest BCUT2D eigenvalue weighted by Crippen LogP contribution is 2.40. The van der Waals surface area contributed by atoms with Gasteiger partial charge in [-0.2, -0.15) is 10.2 Å². The number of likely N-dealkylation sites (tertiary alicyclic amines) is 1. The van der Waals surface area contributed by atoms with Gasteiger partial charge in [-0.3, -0.25) is 9.80 Å². The molecule has 0 spiro atoms. The lowest BCUT2D eigenvalue weighted by Gasteiger charge is -2.37. The molecular formula is C27H39N7O2. The summed E-state index contributed by atoms with van der Waals surface area (Å²) in [5, 5.41) is 16.6. The molecule has 2 saturated heterocycles. The summed E-state index contributed by atoms with van der Waals surface area (Å²) in [6, 6.07) is 16.4. The third-order valence-corrected chi connectivity index (χ3v) is 7.17. The minimum absolute atomic E-state index is 0.278. The van der Waals surface area contributed by atoms with Crippen LogP contribution in [0, 0.1) is 0 Å². The zero-order valence-corrected chi connectivity index (χ0v) is 21.5. The number of hydrazone groups is 1. The van der Waals surface area contributed by atoms with E-state index in [4.69, 9.17) is 15.3 Å². The van der Waals surface area contributed by atoms with Crippen molar-refractivity contribution in [3.05, 3.63) is 59.7 Å². The Hall–Kier alpha value is -3.01. The monoisotopic (exact) mass is 493 g/mol. The second-order valence-corrected chi connectivity index (χ2v) is 9.25. The van der Waals surface area contributed by atoms with Gasteiger partial charge < -0.3 is 20.6 Å². The topological polar surface area (TPSA) is 100 Å². The van der Waals surface area contributed by atoms with Crippen LogP contribution in [0.15, 0.2) is 63.9 Å². The largest absolute Gasteiger partial charge is 0.493 e. The summed E-state index contributed by atoms with van der Waals surface area (Å²) in [7, 11) is 3.31. The highest BCUT2D eigenvalue weighted by molar-refractivity contribution is 5.89. The van der Waals surface area contributed by atoms with Gasteiger partial charge in [-0.25, -0.2) is 0 Å². The molecule has 9 heteroatoms. The Morgan fingerprint density at radius 3 is 2.42 bits per heavy atom. The van der Waals surface area contributed by atoms with Crippen LogP contribution in [0.25, 0.3) is 0 Å². The maximum absolute atomic E-state index is 5.94. The number of ether oxygens (including phenoxy) is 2. The highest BCUT2D eigenvalue weighted by Gasteiger charge is 2.33. The standard InChI is InChI=1S/C27H39N7O2/c1-35-24-10-6-9-23(26(24)36-2)25(27(31-28)32-30-15-20-33-18-13-29-14-19-33)34-16-11-22(12-17-34)21-7-4-3-5-8-21/h3-10,22,25,29H,11-20,28H2,1-2H3/b31-27-,32-30?. The van der Waals surface area contributed by atoms with Crippen LogP contribution in [-0.4, -0.2) is 82.2 Å². The summed E-state index contributed by atoms with van der Waals surface area (Å²) in [5.41, 5.74) is 2.33. The number of hydrogen-bond donors (Lipinski definition) is 2. The fraction of sp³-hybridized carbons (Fsp3) is 0.519. The first-order chi connectivity index (χ1) is 17.7. The van der Waals surface area contributed by atoms with Crippen LogP contribution >= 0.6 is 0 Å². The van der Waals surface area contributed by atoms with Crippen molar-refractivity contribution >= 4 is 5.84 Å². The summed E-state index contributed by atoms with van der Waals surface area (Å²) in [6.07, 6.45) is 2.09. The first kappa shape index (κ1) is 26.1. The molecule has 0 aromatic heterocycles. The smallest absolute Gasteiger partial charge is 0.191 e. The molecule has 3 N–H and O–H groups in total. The maximum Gasteiger partial charge on any atom is 0.191 e. The van der Waals surface area contributed by atoms with E-state index in [0.717, 1.165) is 64.2 Å². The first-order valence-electron chi connectivity index (χ1n) is 12.8. The van der Waals surface area contributed by atoms with E-state index in [9.17, 15) is 0 Å². The average Bonchev–Trinajstić information content (AvgIpc) is 2.95. The second-order valence-electron chi connectivity index (χ2n) is 9.25. The van der Waals surface area contributed by atoms with Crippen LogP contribution < -0.4 is 20.6 Å². The molecule has 2 aliphatic rings. The molecule has 0 amide bonds. The van der Waals surface area contributed by atoms with Gasteiger partial charge in [0.2, 0.25) is 0 Å². The van der Waals surface area contributed by atoms with E-state index in [1.807, 2.05) is 18.2 Å². The van der Waals surface area contributed by atoms with E-state index in [-0.39, 0.29) is 6.04 Å². The first-order valence-corrected chi connectivity index (χ1v) is 12.8. The lowest BCUT2D eigenvalue weighted by molar-refractivity contribution is 0.184. The summed E-state index contributed by atoms with van der Waals surface area (Å²) < 4.78 is 11.4. The van der Waals surface area contributed by atoms with Crippen molar-refractivity contribution in [3.8, 4) is 11.5 Å². The third-order valence-electron chi connectivity index (χ3n) is 7.17. The zero-order valence-electron chi connectivity index (χ0n) is 21.5. The molecule has 0 aliphatic carbocycles. The van der Waals surface area contributed by atoms with Crippen LogP contribution in [0.4, 0.5) is 0 Å². The van der Waals surface area contributed by atoms with Gasteiger partial charge in [-0.05, 0) is 43.5 Å². The van der Waals surface area contributed by atoms with E-state index in [1.54, 1.807) is 14.2 Å². The number of benzene rings is 2. The number of nitrogens with zero attached hydrogens (tertiary/aromatic N) is 5. The van der Waals surface area contributed by atoms with Crippen LogP contribution in [0.5, 0.6) is 11.5 Å². The molecule has 0 saturated carbocycles. The fourth-order valence-electron chi connectivity index (χ4n) is 5.24. The lowest BCUT2D eigenvalue weighted by Crippen LogP contribution is -2.44. The van der Waals surface area contributed by atoms with Crippen molar-refractivity contribution in [2.75, 3.05) is 66.6 Å². The van der Waals surface area contributed by atoms with Crippen molar-refractivity contribution in [3.63, 3.8) is 0 Å². The maximum atomic E-state index is 5.94. The number of methoxy groups -OCH3 is 2. The molecule has 0 radical (unpaired) electrons. The molecule has 0 bridgehead atoms.